The van der Waals surface area contributed by atoms with Crippen molar-refractivity contribution in [1.29, 1.82) is 0 Å². The summed E-state index contributed by atoms with van der Waals surface area (Å²) in [4.78, 5) is 22.3. The number of nitrogens with one attached hydrogen (secondary N) is 1. The molecule has 0 saturated carbocycles. The fourth-order valence-electron chi connectivity index (χ4n) is 2.05. The first kappa shape index (κ1) is 18.3. The highest BCUT2D eigenvalue weighted by Crippen LogP contribution is 2.30. The van der Waals surface area contributed by atoms with Gasteiger partial charge in [-0.05, 0) is 30.2 Å². The Morgan fingerprint density at radius 1 is 1.32 bits per heavy atom. The van der Waals surface area contributed by atoms with Crippen LogP contribution in [0.1, 0.15) is 5.56 Å². The van der Waals surface area contributed by atoms with Crippen LogP contribution in [0.2, 0.25) is 5.02 Å². The summed E-state index contributed by atoms with van der Waals surface area (Å²) < 4.78 is 10.4. The Balaban J connectivity index is 2.16. The maximum Gasteiger partial charge on any atom is 0.417 e. The van der Waals surface area contributed by atoms with Gasteiger partial charge in [-0.25, -0.2) is 4.79 Å². The molecule has 0 fully saturated rings. The number of hydrogen-bond donors (Lipinski definition) is 1. The van der Waals surface area contributed by atoms with Gasteiger partial charge in [-0.15, -0.1) is 6.58 Å². The van der Waals surface area contributed by atoms with Crippen molar-refractivity contribution in [2.45, 2.75) is 6.42 Å². The van der Waals surface area contributed by atoms with E-state index in [2.05, 4.69) is 11.9 Å². The van der Waals surface area contributed by atoms with Crippen LogP contribution in [0.25, 0.3) is 0 Å². The molecule has 0 aliphatic heterocycles. The smallest absolute Gasteiger partial charge is 0.417 e. The van der Waals surface area contributed by atoms with Crippen LogP contribution in [-0.2, 0) is 6.42 Å². The maximum atomic E-state index is 12.1. The maximum absolute atomic E-state index is 12.1. The van der Waals surface area contributed by atoms with Crippen LogP contribution in [0.15, 0.2) is 49.1 Å². The van der Waals surface area contributed by atoms with Crippen molar-refractivity contribution < 1.29 is 19.2 Å². The molecule has 8 heteroatoms. The predicted molar refractivity (Wildman–Crippen MR) is 94.6 cm³/mol. The zero-order valence-corrected chi connectivity index (χ0v) is 14.1. The largest absolute Gasteiger partial charge is 0.493 e. The third-order valence-corrected chi connectivity index (χ3v) is 3.54. The van der Waals surface area contributed by atoms with Gasteiger partial charge in [-0.1, -0.05) is 23.7 Å². The first-order chi connectivity index (χ1) is 11.9. The van der Waals surface area contributed by atoms with Crippen molar-refractivity contribution in [1.82, 2.24) is 0 Å². The second kappa shape index (κ2) is 8.16. The van der Waals surface area contributed by atoms with Gasteiger partial charge >= 0.3 is 6.09 Å². The van der Waals surface area contributed by atoms with E-state index in [1.54, 1.807) is 24.3 Å². The number of carbonyl (C=O) groups is 1. The standard InChI is InChI=1S/C17H15ClN2O5/c1-3-4-11-5-8-15(16(9-11)24-2)25-17(21)19-14-10-12(20(22)23)6-7-13(14)18/h3,5-10H,1,4H2,2H3,(H,19,21). The van der Waals surface area contributed by atoms with Gasteiger partial charge in [0.15, 0.2) is 11.5 Å². The first-order valence-electron chi connectivity index (χ1n) is 7.15. The van der Waals surface area contributed by atoms with Gasteiger partial charge in [0.05, 0.1) is 22.7 Å². The third-order valence-electron chi connectivity index (χ3n) is 3.21. The molecular weight excluding hydrogens is 348 g/mol. The molecule has 2 aromatic rings. The average Bonchev–Trinajstić information content (AvgIpc) is 2.58. The summed E-state index contributed by atoms with van der Waals surface area (Å²) in [6.07, 6.45) is 1.54. The number of ether oxygens (including phenoxy) is 2. The Morgan fingerprint density at radius 3 is 2.72 bits per heavy atom. The van der Waals surface area contributed by atoms with E-state index in [-0.39, 0.29) is 22.1 Å². The van der Waals surface area contributed by atoms with Crippen molar-refractivity contribution in [3.05, 3.63) is 69.8 Å². The molecule has 0 aromatic heterocycles. The van der Waals surface area contributed by atoms with Crippen molar-refractivity contribution >= 4 is 29.1 Å². The van der Waals surface area contributed by atoms with Crippen molar-refractivity contribution in [3.8, 4) is 11.5 Å². The topological polar surface area (TPSA) is 90.7 Å². The number of benzene rings is 2. The lowest BCUT2D eigenvalue weighted by molar-refractivity contribution is -0.384. The highest BCUT2D eigenvalue weighted by molar-refractivity contribution is 6.33. The van der Waals surface area contributed by atoms with E-state index in [0.717, 1.165) is 11.6 Å². The molecule has 0 atom stereocenters. The molecule has 0 radical (unpaired) electrons. The van der Waals surface area contributed by atoms with E-state index in [4.69, 9.17) is 21.1 Å². The molecule has 2 rings (SSSR count). The molecular formula is C17H15ClN2O5. The Hall–Kier alpha value is -3.06. The number of nitro benzene ring substituents is 1. The molecule has 25 heavy (non-hydrogen) atoms. The molecule has 0 unspecified atom stereocenters. The molecule has 2 aromatic carbocycles. The van der Waals surface area contributed by atoms with Gasteiger partial charge in [0.25, 0.3) is 5.69 Å². The molecule has 1 amide bonds. The van der Waals surface area contributed by atoms with Gasteiger partial charge in [0.1, 0.15) is 0 Å². The number of rotatable bonds is 6. The third kappa shape index (κ3) is 4.71. The number of amides is 1. The predicted octanol–water partition coefficient (Wildman–Crippen LogP) is 4.60. The Labute approximate surface area is 149 Å². The van der Waals surface area contributed by atoms with Crippen molar-refractivity contribution in [2.75, 3.05) is 12.4 Å². The molecule has 0 aliphatic rings. The second-order valence-electron chi connectivity index (χ2n) is 4.91. The van der Waals surface area contributed by atoms with E-state index in [1.807, 2.05) is 0 Å². The zero-order chi connectivity index (χ0) is 18.4. The van der Waals surface area contributed by atoms with Crippen LogP contribution >= 0.6 is 11.6 Å². The summed E-state index contributed by atoms with van der Waals surface area (Å²) in [5, 5.41) is 13.3. The van der Waals surface area contributed by atoms with E-state index in [9.17, 15) is 14.9 Å². The molecule has 0 bridgehead atoms. The minimum Gasteiger partial charge on any atom is -0.493 e. The fraction of sp³-hybridized carbons (Fsp3) is 0.118. The van der Waals surface area contributed by atoms with Crippen LogP contribution in [0.3, 0.4) is 0 Å². The number of nitro groups is 1. The van der Waals surface area contributed by atoms with E-state index >= 15 is 0 Å². The Kier molecular flexibility index (Phi) is 5.97. The van der Waals surface area contributed by atoms with Gasteiger partial charge in [-0.3, -0.25) is 15.4 Å². The van der Waals surface area contributed by atoms with E-state index < -0.39 is 11.0 Å². The highest BCUT2D eigenvalue weighted by Gasteiger charge is 2.15. The zero-order valence-electron chi connectivity index (χ0n) is 13.3. The van der Waals surface area contributed by atoms with Gasteiger partial charge in [0, 0.05) is 12.1 Å². The van der Waals surface area contributed by atoms with Crippen LogP contribution in [0, 0.1) is 10.1 Å². The summed E-state index contributed by atoms with van der Waals surface area (Å²) in [5.74, 6) is 0.578. The van der Waals surface area contributed by atoms with Crippen LogP contribution < -0.4 is 14.8 Å². The number of anilines is 1. The minimum atomic E-state index is -0.850. The van der Waals surface area contributed by atoms with E-state index in [0.29, 0.717) is 12.2 Å². The number of methoxy groups -OCH3 is 1. The van der Waals surface area contributed by atoms with E-state index in [1.165, 1.54) is 19.2 Å². The molecule has 0 spiro atoms. The fourth-order valence-corrected chi connectivity index (χ4v) is 2.21. The summed E-state index contributed by atoms with van der Waals surface area (Å²) >= 11 is 5.94. The summed E-state index contributed by atoms with van der Waals surface area (Å²) in [7, 11) is 1.45. The lowest BCUT2D eigenvalue weighted by atomic mass is 10.1. The highest BCUT2D eigenvalue weighted by atomic mass is 35.5. The Morgan fingerprint density at radius 2 is 2.08 bits per heavy atom. The van der Waals surface area contributed by atoms with Crippen LogP contribution in [0.4, 0.5) is 16.2 Å². The average molecular weight is 363 g/mol. The second-order valence-corrected chi connectivity index (χ2v) is 5.32. The quantitative estimate of drug-likeness (QED) is 0.461. The molecule has 7 nitrogen and oxygen atoms in total. The lowest BCUT2D eigenvalue weighted by Crippen LogP contribution is -2.17. The Bertz CT molecular complexity index is 823. The SMILES string of the molecule is C=CCc1ccc(OC(=O)Nc2cc([N+](=O)[O-])ccc2Cl)c(OC)c1. The molecule has 130 valence electrons. The van der Waals surface area contributed by atoms with Crippen molar-refractivity contribution in [3.63, 3.8) is 0 Å². The molecule has 0 saturated heterocycles. The number of carbonyl (C=O) groups excluding carboxylic acids is 1. The number of halogens is 1. The van der Waals surface area contributed by atoms with Gasteiger partial charge in [0.2, 0.25) is 0 Å². The molecule has 0 heterocycles. The van der Waals surface area contributed by atoms with Crippen LogP contribution in [-0.4, -0.2) is 18.1 Å². The molecule has 1 N–H and O–H groups in total. The lowest BCUT2D eigenvalue weighted by Gasteiger charge is -2.12. The summed E-state index contributed by atoms with van der Waals surface area (Å²) in [6.45, 7) is 3.66. The number of hydrogen-bond acceptors (Lipinski definition) is 5. The number of allylic oxidation sites excluding steroid dienone is 1. The summed E-state index contributed by atoms with van der Waals surface area (Å²) in [5.41, 5.74) is 0.815. The monoisotopic (exact) mass is 362 g/mol. The van der Waals surface area contributed by atoms with Gasteiger partial charge in [-0.2, -0.15) is 0 Å². The number of nitrogens with zero attached hydrogens (tertiary/aromatic N) is 1. The first-order valence-corrected chi connectivity index (χ1v) is 7.53. The minimum absolute atomic E-state index is 0.0723. The van der Waals surface area contributed by atoms with Crippen molar-refractivity contribution in [2.24, 2.45) is 0 Å². The van der Waals surface area contributed by atoms with Gasteiger partial charge < -0.3 is 9.47 Å². The summed E-state index contributed by atoms with van der Waals surface area (Å²) in [6, 6.07) is 8.79. The normalized spacial score (nSPS) is 10.0. The molecule has 0 aliphatic carbocycles. The number of non-ortho nitro benzene ring substituents is 1. The van der Waals surface area contributed by atoms with Crippen LogP contribution in [0.5, 0.6) is 11.5 Å².